The van der Waals surface area contributed by atoms with Crippen LogP contribution in [0.5, 0.6) is 0 Å². The fraction of sp³-hybridized carbons (Fsp3) is 0.889. The van der Waals surface area contributed by atoms with E-state index in [1.807, 2.05) is 0 Å². The minimum Gasteiger partial charge on any atom is -0.381 e. The molecule has 0 aromatic heterocycles. The number of unbranched alkanes of at least 4 members (excludes halogenated alkanes) is 1. The first-order chi connectivity index (χ1) is 5.41. The topological polar surface area (TPSA) is 18.5 Å². The van der Waals surface area contributed by atoms with Crippen LogP contribution in [-0.2, 0) is 9.47 Å². The molecule has 0 aliphatic heterocycles. The van der Waals surface area contributed by atoms with Crippen molar-refractivity contribution >= 4 is 0 Å². The first-order valence-corrected chi connectivity index (χ1v) is 4.36. The van der Waals surface area contributed by atoms with Gasteiger partial charge in [-0.2, -0.15) is 0 Å². The Bertz CT molecular complexity index is 56.6. The molecule has 0 amide bonds. The Balaban J connectivity index is 2.69. The van der Waals surface area contributed by atoms with Gasteiger partial charge in [0.05, 0.1) is 0 Å². The zero-order valence-corrected chi connectivity index (χ0v) is 7.47. The number of hydrogen-bond donors (Lipinski definition) is 0. The van der Waals surface area contributed by atoms with E-state index in [0.717, 1.165) is 39.1 Å². The van der Waals surface area contributed by atoms with Gasteiger partial charge in [0.15, 0.2) is 0 Å². The van der Waals surface area contributed by atoms with Crippen molar-refractivity contribution in [3.63, 3.8) is 0 Å². The molecule has 11 heavy (non-hydrogen) atoms. The van der Waals surface area contributed by atoms with Crippen molar-refractivity contribution in [2.45, 2.75) is 26.2 Å². The largest absolute Gasteiger partial charge is 0.381 e. The van der Waals surface area contributed by atoms with E-state index in [1.54, 1.807) is 0 Å². The van der Waals surface area contributed by atoms with Gasteiger partial charge in [-0.15, -0.1) is 0 Å². The third kappa shape index (κ3) is 9.92. The van der Waals surface area contributed by atoms with E-state index in [4.69, 9.17) is 9.47 Å². The zero-order valence-electron chi connectivity index (χ0n) is 7.47. The summed E-state index contributed by atoms with van der Waals surface area (Å²) in [6, 6.07) is 0. The maximum atomic E-state index is 5.29. The Morgan fingerprint density at radius 2 is 1.64 bits per heavy atom. The molecule has 0 aromatic carbocycles. The van der Waals surface area contributed by atoms with Gasteiger partial charge in [-0.25, -0.2) is 0 Å². The number of ether oxygens (including phenoxy) is 2. The molecule has 0 rings (SSSR count). The smallest absolute Gasteiger partial charge is 0.0466 e. The van der Waals surface area contributed by atoms with Gasteiger partial charge in [0.1, 0.15) is 0 Å². The van der Waals surface area contributed by atoms with Crippen LogP contribution < -0.4 is 0 Å². The Morgan fingerprint density at radius 1 is 1.00 bits per heavy atom. The summed E-state index contributed by atoms with van der Waals surface area (Å²) < 4.78 is 10.4. The highest BCUT2D eigenvalue weighted by atomic mass is 16.5. The van der Waals surface area contributed by atoms with Crippen LogP contribution in [0.1, 0.15) is 26.2 Å². The van der Waals surface area contributed by atoms with E-state index >= 15 is 0 Å². The standard InChI is InChI=1S/C9H19O2/c1-3-7-11-9-6-5-8-10-4-2/h2-9H2,1H3. The highest BCUT2D eigenvalue weighted by molar-refractivity contribution is 4.39. The van der Waals surface area contributed by atoms with Crippen LogP contribution in [0.25, 0.3) is 0 Å². The molecular weight excluding hydrogens is 140 g/mol. The Labute approximate surface area is 69.9 Å². The van der Waals surface area contributed by atoms with E-state index in [9.17, 15) is 0 Å². The Morgan fingerprint density at radius 3 is 2.18 bits per heavy atom. The molecule has 2 heteroatoms. The summed E-state index contributed by atoms with van der Waals surface area (Å²) in [7, 11) is 0. The molecule has 0 bridgehead atoms. The van der Waals surface area contributed by atoms with Gasteiger partial charge in [0.25, 0.3) is 0 Å². The second kappa shape index (κ2) is 9.92. The van der Waals surface area contributed by atoms with Crippen LogP contribution in [-0.4, -0.2) is 26.4 Å². The molecule has 0 aliphatic rings. The van der Waals surface area contributed by atoms with E-state index in [2.05, 4.69) is 13.8 Å². The molecule has 0 saturated heterocycles. The highest BCUT2D eigenvalue weighted by Gasteiger charge is 1.88. The Hall–Kier alpha value is -0.0800. The summed E-state index contributed by atoms with van der Waals surface area (Å²) in [5.74, 6) is 0. The molecule has 0 aliphatic carbocycles. The van der Waals surface area contributed by atoms with Crippen LogP contribution >= 0.6 is 0 Å². The highest BCUT2D eigenvalue weighted by Crippen LogP contribution is 1.91. The quantitative estimate of drug-likeness (QED) is 0.505. The molecule has 0 spiro atoms. The molecule has 0 heterocycles. The maximum absolute atomic E-state index is 5.29. The summed E-state index contributed by atoms with van der Waals surface area (Å²) in [4.78, 5) is 0. The van der Waals surface area contributed by atoms with Gasteiger partial charge in [-0.1, -0.05) is 6.92 Å². The monoisotopic (exact) mass is 159 g/mol. The third-order valence-corrected chi connectivity index (χ3v) is 1.32. The van der Waals surface area contributed by atoms with E-state index in [0.29, 0.717) is 6.61 Å². The lowest BCUT2D eigenvalue weighted by molar-refractivity contribution is 0.112. The van der Waals surface area contributed by atoms with E-state index in [-0.39, 0.29) is 0 Å². The van der Waals surface area contributed by atoms with Crippen molar-refractivity contribution in [1.29, 1.82) is 0 Å². The average molecular weight is 159 g/mol. The van der Waals surface area contributed by atoms with Gasteiger partial charge < -0.3 is 9.47 Å². The molecule has 67 valence electrons. The Kier molecular flexibility index (Phi) is 9.85. The summed E-state index contributed by atoms with van der Waals surface area (Å²) in [6.07, 6.45) is 3.29. The van der Waals surface area contributed by atoms with Gasteiger partial charge >= 0.3 is 0 Å². The van der Waals surface area contributed by atoms with Crippen molar-refractivity contribution in [2.75, 3.05) is 26.4 Å². The zero-order chi connectivity index (χ0) is 8.36. The average Bonchev–Trinajstić information content (AvgIpc) is 2.03. The van der Waals surface area contributed by atoms with Crippen LogP contribution in [0.2, 0.25) is 0 Å². The van der Waals surface area contributed by atoms with Gasteiger partial charge in [0.2, 0.25) is 0 Å². The molecule has 0 aromatic rings. The summed E-state index contributed by atoms with van der Waals surface area (Å²) in [6.45, 7) is 8.85. The fourth-order valence-corrected chi connectivity index (χ4v) is 0.757. The van der Waals surface area contributed by atoms with Crippen molar-refractivity contribution in [3.05, 3.63) is 6.92 Å². The van der Waals surface area contributed by atoms with Crippen molar-refractivity contribution in [2.24, 2.45) is 0 Å². The van der Waals surface area contributed by atoms with Crippen LogP contribution in [0, 0.1) is 6.92 Å². The molecule has 0 fully saturated rings. The van der Waals surface area contributed by atoms with Crippen LogP contribution in [0.15, 0.2) is 0 Å². The van der Waals surface area contributed by atoms with E-state index < -0.39 is 0 Å². The first kappa shape index (κ1) is 10.9. The molecule has 0 unspecified atom stereocenters. The second-order valence-corrected chi connectivity index (χ2v) is 2.43. The molecule has 1 radical (unpaired) electrons. The number of rotatable bonds is 8. The van der Waals surface area contributed by atoms with E-state index in [1.165, 1.54) is 0 Å². The van der Waals surface area contributed by atoms with Crippen molar-refractivity contribution in [1.82, 2.24) is 0 Å². The summed E-state index contributed by atoms with van der Waals surface area (Å²) in [5.41, 5.74) is 0. The normalized spacial score (nSPS) is 10.4. The van der Waals surface area contributed by atoms with Gasteiger partial charge in [-0.3, -0.25) is 0 Å². The molecule has 0 atom stereocenters. The van der Waals surface area contributed by atoms with Gasteiger partial charge in [-0.05, 0) is 26.2 Å². The SMILES string of the molecule is [CH2]COCCCCOCCC. The fourth-order valence-electron chi connectivity index (χ4n) is 0.757. The summed E-state index contributed by atoms with van der Waals surface area (Å²) >= 11 is 0. The molecule has 0 saturated carbocycles. The first-order valence-electron chi connectivity index (χ1n) is 4.36. The molecular formula is C9H19O2. The third-order valence-electron chi connectivity index (χ3n) is 1.32. The predicted octanol–water partition coefficient (Wildman–Crippen LogP) is 2.04. The van der Waals surface area contributed by atoms with Crippen LogP contribution in [0.4, 0.5) is 0 Å². The lowest BCUT2D eigenvalue weighted by Gasteiger charge is -2.02. The molecule has 0 N–H and O–H groups in total. The molecule has 2 nitrogen and oxygen atoms in total. The maximum Gasteiger partial charge on any atom is 0.0466 e. The minimum absolute atomic E-state index is 0.579. The lowest BCUT2D eigenvalue weighted by Crippen LogP contribution is -1.99. The lowest BCUT2D eigenvalue weighted by atomic mass is 10.3. The second-order valence-electron chi connectivity index (χ2n) is 2.43. The van der Waals surface area contributed by atoms with Crippen LogP contribution in [0.3, 0.4) is 0 Å². The minimum atomic E-state index is 0.579. The van der Waals surface area contributed by atoms with Crippen molar-refractivity contribution in [3.8, 4) is 0 Å². The van der Waals surface area contributed by atoms with Gasteiger partial charge in [0, 0.05) is 26.4 Å². The summed E-state index contributed by atoms with van der Waals surface area (Å²) in [5, 5.41) is 0. The number of hydrogen-bond acceptors (Lipinski definition) is 2. The van der Waals surface area contributed by atoms with Crippen molar-refractivity contribution < 1.29 is 9.47 Å². The predicted molar refractivity (Wildman–Crippen MR) is 46.5 cm³/mol.